The number of carbonyl (C=O) groups is 2. The lowest BCUT2D eigenvalue weighted by Gasteiger charge is -2.08. The van der Waals surface area contributed by atoms with Gasteiger partial charge < -0.3 is 14.6 Å². The fourth-order valence-corrected chi connectivity index (χ4v) is 2.54. The number of benzene rings is 1. The van der Waals surface area contributed by atoms with E-state index in [-0.39, 0.29) is 13.0 Å². The molecule has 0 radical (unpaired) electrons. The molecule has 0 saturated carbocycles. The molecule has 24 heavy (non-hydrogen) atoms. The largest absolute Gasteiger partial charge is 0.456 e. The van der Waals surface area contributed by atoms with Crippen LogP contribution in [0, 0.1) is 13.8 Å². The Bertz CT molecular complexity index is 739. The molecule has 2 rings (SSSR count). The number of halogens is 2. The molecule has 0 fully saturated rings. The first kappa shape index (κ1) is 18.3. The number of aromatic nitrogens is 1. The molecule has 0 aliphatic rings. The molecule has 1 amide bonds. The maximum atomic E-state index is 11.8. The Morgan fingerprint density at radius 1 is 1.29 bits per heavy atom. The van der Waals surface area contributed by atoms with Gasteiger partial charge in [0.05, 0.1) is 16.4 Å². The first-order valence-electron chi connectivity index (χ1n) is 7.19. The highest BCUT2D eigenvalue weighted by molar-refractivity contribution is 6.36. The first-order chi connectivity index (χ1) is 11.4. The third kappa shape index (κ3) is 4.97. The number of ether oxygens (including phenoxy) is 1. The predicted octanol–water partition coefficient (Wildman–Crippen LogP) is 3.71. The maximum Gasteiger partial charge on any atom is 0.306 e. The number of amides is 1. The van der Waals surface area contributed by atoms with Crippen molar-refractivity contribution in [3.8, 4) is 0 Å². The molecule has 1 aromatic heterocycles. The van der Waals surface area contributed by atoms with Crippen molar-refractivity contribution in [2.75, 3.05) is 11.9 Å². The van der Waals surface area contributed by atoms with Gasteiger partial charge in [-0.05, 0) is 38.5 Å². The van der Waals surface area contributed by atoms with Crippen molar-refractivity contribution in [2.45, 2.75) is 26.7 Å². The van der Waals surface area contributed by atoms with E-state index in [1.54, 1.807) is 26.0 Å². The highest BCUT2D eigenvalue weighted by atomic mass is 35.5. The molecule has 0 atom stereocenters. The van der Waals surface area contributed by atoms with Gasteiger partial charge in [-0.1, -0.05) is 28.4 Å². The number of nitrogens with zero attached hydrogens (tertiary/aromatic N) is 1. The Balaban J connectivity index is 1.78. The Morgan fingerprint density at radius 3 is 2.67 bits per heavy atom. The minimum Gasteiger partial charge on any atom is -0.456 e. The summed E-state index contributed by atoms with van der Waals surface area (Å²) in [6.45, 7) is 3.20. The highest BCUT2D eigenvalue weighted by Crippen LogP contribution is 2.25. The van der Waals surface area contributed by atoms with Crippen LogP contribution in [-0.2, 0) is 20.7 Å². The number of hydrogen-bond donors (Lipinski definition) is 1. The number of carbonyl (C=O) groups excluding carboxylic acids is 2. The second-order valence-corrected chi connectivity index (χ2v) is 5.98. The van der Waals surface area contributed by atoms with Gasteiger partial charge in [0.2, 0.25) is 0 Å². The van der Waals surface area contributed by atoms with Crippen molar-refractivity contribution < 1.29 is 18.8 Å². The summed E-state index contributed by atoms with van der Waals surface area (Å²) in [4.78, 5) is 23.5. The average molecular weight is 371 g/mol. The summed E-state index contributed by atoms with van der Waals surface area (Å²) >= 11 is 11.7. The molecule has 0 aliphatic carbocycles. The van der Waals surface area contributed by atoms with Gasteiger partial charge in [-0.2, -0.15) is 0 Å². The molecule has 0 saturated heterocycles. The smallest absolute Gasteiger partial charge is 0.306 e. The lowest BCUT2D eigenvalue weighted by molar-refractivity contribution is -0.147. The van der Waals surface area contributed by atoms with Gasteiger partial charge in [-0.3, -0.25) is 9.59 Å². The molecule has 8 heteroatoms. The summed E-state index contributed by atoms with van der Waals surface area (Å²) in [5, 5.41) is 7.13. The van der Waals surface area contributed by atoms with Crippen LogP contribution in [0.25, 0.3) is 0 Å². The topological polar surface area (TPSA) is 81.4 Å². The Kier molecular flexibility index (Phi) is 6.23. The Morgan fingerprint density at radius 2 is 2.04 bits per heavy atom. The van der Waals surface area contributed by atoms with Gasteiger partial charge in [0, 0.05) is 17.0 Å². The van der Waals surface area contributed by atoms with Gasteiger partial charge in [-0.25, -0.2) is 0 Å². The van der Waals surface area contributed by atoms with Crippen molar-refractivity contribution in [1.82, 2.24) is 5.16 Å². The van der Waals surface area contributed by atoms with E-state index in [4.69, 9.17) is 32.5 Å². The van der Waals surface area contributed by atoms with Gasteiger partial charge in [0.15, 0.2) is 6.61 Å². The van der Waals surface area contributed by atoms with Crippen LogP contribution in [0.4, 0.5) is 5.69 Å². The quantitative estimate of drug-likeness (QED) is 0.783. The van der Waals surface area contributed by atoms with Crippen LogP contribution >= 0.6 is 23.2 Å². The van der Waals surface area contributed by atoms with E-state index in [1.807, 2.05) is 0 Å². The molecular weight excluding hydrogens is 355 g/mol. The third-order valence-corrected chi connectivity index (χ3v) is 3.88. The minimum atomic E-state index is -0.482. The van der Waals surface area contributed by atoms with Crippen LogP contribution in [0.1, 0.15) is 23.4 Å². The van der Waals surface area contributed by atoms with E-state index in [9.17, 15) is 9.59 Å². The lowest BCUT2D eigenvalue weighted by atomic mass is 10.1. The van der Waals surface area contributed by atoms with Crippen LogP contribution in [0.3, 0.4) is 0 Å². The van der Waals surface area contributed by atoms with Crippen molar-refractivity contribution in [3.63, 3.8) is 0 Å². The zero-order valence-electron chi connectivity index (χ0n) is 13.2. The molecule has 128 valence electrons. The van der Waals surface area contributed by atoms with E-state index in [0.717, 1.165) is 11.3 Å². The molecule has 0 aliphatic heterocycles. The van der Waals surface area contributed by atoms with Crippen LogP contribution in [-0.4, -0.2) is 23.6 Å². The molecule has 2 aromatic rings. The predicted molar refractivity (Wildman–Crippen MR) is 90.3 cm³/mol. The summed E-state index contributed by atoms with van der Waals surface area (Å²) in [5.41, 5.74) is 2.03. The van der Waals surface area contributed by atoms with Gasteiger partial charge >= 0.3 is 5.97 Å². The zero-order valence-corrected chi connectivity index (χ0v) is 14.7. The Hall–Kier alpha value is -2.05. The van der Waals surface area contributed by atoms with E-state index in [0.29, 0.717) is 27.9 Å². The fraction of sp³-hybridized carbons (Fsp3) is 0.312. The number of nitrogens with one attached hydrogen (secondary N) is 1. The van der Waals surface area contributed by atoms with E-state index in [1.165, 1.54) is 6.07 Å². The Labute approximate surface area is 149 Å². The number of rotatable bonds is 6. The SMILES string of the molecule is Cc1noc(C)c1CCC(=O)OCC(=O)Nc1ccc(Cl)cc1Cl. The van der Waals surface area contributed by atoms with Crippen molar-refractivity contribution in [1.29, 1.82) is 0 Å². The highest BCUT2D eigenvalue weighted by Gasteiger charge is 2.13. The monoisotopic (exact) mass is 370 g/mol. The molecule has 0 unspecified atom stereocenters. The fourth-order valence-electron chi connectivity index (χ4n) is 2.08. The van der Waals surface area contributed by atoms with Crippen LogP contribution in [0.15, 0.2) is 22.7 Å². The second kappa shape index (κ2) is 8.17. The van der Waals surface area contributed by atoms with Gasteiger partial charge in [-0.15, -0.1) is 0 Å². The molecule has 1 aromatic carbocycles. The zero-order chi connectivity index (χ0) is 17.7. The molecule has 6 nitrogen and oxygen atoms in total. The second-order valence-electron chi connectivity index (χ2n) is 5.14. The van der Waals surface area contributed by atoms with Gasteiger partial charge in [0.1, 0.15) is 5.76 Å². The summed E-state index contributed by atoms with van der Waals surface area (Å²) in [5.74, 6) is -0.285. The number of aryl methyl sites for hydroxylation is 2. The molecular formula is C16H16Cl2N2O4. The van der Waals surface area contributed by atoms with Gasteiger partial charge in [0.25, 0.3) is 5.91 Å². The average Bonchev–Trinajstić information content (AvgIpc) is 2.84. The standard InChI is InChI=1S/C16H16Cl2N2O4/c1-9-12(10(2)24-20-9)4-6-16(22)23-8-15(21)19-14-5-3-11(17)7-13(14)18/h3,5,7H,4,6,8H2,1-2H3,(H,19,21). The van der Waals surface area contributed by atoms with Crippen molar-refractivity contribution >= 4 is 40.8 Å². The minimum absolute atomic E-state index is 0.137. The van der Waals surface area contributed by atoms with Crippen molar-refractivity contribution in [2.24, 2.45) is 0 Å². The summed E-state index contributed by atoms with van der Waals surface area (Å²) in [7, 11) is 0. The van der Waals surface area contributed by atoms with Crippen LogP contribution < -0.4 is 5.32 Å². The van der Waals surface area contributed by atoms with Crippen LogP contribution in [0.5, 0.6) is 0 Å². The van der Waals surface area contributed by atoms with Crippen molar-refractivity contribution in [3.05, 3.63) is 45.3 Å². The van der Waals surface area contributed by atoms with E-state index in [2.05, 4.69) is 10.5 Å². The van der Waals surface area contributed by atoms with E-state index >= 15 is 0 Å². The normalized spacial score (nSPS) is 10.5. The summed E-state index contributed by atoms with van der Waals surface area (Å²) in [6, 6.07) is 4.68. The van der Waals surface area contributed by atoms with Crippen LogP contribution in [0.2, 0.25) is 10.0 Å². The maximum absolute atomic E-state index is 11.8. The molecule has 1 heterocycles. The first-order valence-corrected chi connectivity index (χ1v) is 7.94. The third-order valence-electron chi connectivity index (χ3n) is 3.33. The number of esters is 1. The number of anilines is 1. The molecule has 0 bridgehead atoms. The lowest BCUT2D eigenvalue weighted by Crippen LogP contribution is -2.21. The molecule has 1 N–H and O–H groups in total. The molecule has 0 spiro atoms. The summed E-state index contributed by atoms with van der Waals surface area (Å²) < 4.78 is 9.97. The number of hydrogen-bond acceptors (Lipinski definition) is 5. The van der Waals surface area contributed by atoms with E-state index < -0.39 is 11.9 Å². The summed E-state index contributed by atoms with van der Waals surface area (Å²) in [6.07, 6.45) is 0.586.